The first-order valence-corrected chi connectivity index (χ1v) is 7.01. The number of hydrogen-bond donors (Lipinski definition) is 0. The third-order valence-electron chi connectivity index (χ3n) is 3.79. The molecule has 0 aliphatic carbocycles. The molecule has 100 valence electrons. The van der Waals surface area contributed by atoms with Crippen LogP contribution >= 0.6 is 0 Å². The number of pyridine rings is 1. The van der Waals surface area contributed by atoms with Crippen LogP contribution in [0, 0.1) is 6.92 Å². The standard InChI is InChI=1S/C15H24N2O/c1-4-10-17-11-6-5-7-14(17)13-8-9-15(18-3)16-12(13)2/h8-9,14H,4-7,10-11H2,1-3H3. The Kier molecular flexibility index (Phi) is 4.59. The van der Waals surface area contributed by atoms with E-state index in [1.54, 1.807) is 7.11 Å². The molecule has 2 rings (SSSR count). The van der Waals surface area contributed by atoms with Gasteiger partial charge in [0.25, 0.3) is 0 Å². The first-order chi connectivity index (χ1) is 8.76. The van der Waals surface area contributed by atoms with Gasteiger partial charge in [-0.25, -0.2) is 4.98 Å². The second-order valence-electron chi connectivity index (χ2n) is 5.08. The van der Waals surface area contributed by atoms with Crippen molar-refractivity contribution in [3.63, 3.8) is 0 Å². The van der Waals surface area contributed by atoms with Crippen LogP contribution in [0.5, 0.6) is 5.88 Å². The monoisotopic (exact) mass is 248 g/mol. The Hall–Kier alpha value is -1.09. The highest BCUT2D eigenvalue weighted by Crippen LogP contribution is 2.32. The lowest BCUT2D eigenvalue weighted by Crippen LogP contribution is -2.34. The molecule has 0 bridgehead atoms. The molecular weight excluding hydrogens is 224 g/mol. The fraction of sp³-hybridized carbons (Fsp3) is 0.667. The maximum atomic E-state index is 5.19. The number of rotatable bonds is 4. The molecule has 1 unspecified atom stereocenters. The van der Waals surface area contributed by atoms with Gasteiger partial charge in [-0.2, -0.15) is 0 Å². The van der Waals surface area contributed by atoms with Gasteiger partial charge in [0.1, 0.15) is 0 Å². The second kappa shape index (κ2) is 6.19. The summed E-state index contributed by atoms with van der Waals surface area (Å²) in [4.78, 5) is 7.12. The summed E-state index contributed by atoms with van der Waals surface area (Å²) in [5.41, 5.74) is 2.49. The third-order valence-corrected chi connectivity index (χ3v) is 3.79. The average molecular weight is 248 g/mol. The summed E-state index contributed by atoms with van der Waals surface area (Å²) >= 11 is 0. The van der Waals surface area contributed by atoms with Crippen molar-refractivity contribution >= 4 is 0 Å². The molecule has 0 amide bonds. The van der Waals surface area contributed by atoms with Crippen molar-refractivity contribution in [2.24, 2.45) is 0 Å². The Balaban J connectivity index is 2.22. The Morgan fingerprint density at radius 2 is 2.22 bits per heavy atom. The molecule has 1 aromatic rings. The van der Waals surface area contributed by atoms with Crippen molar-refractivity contribution in [2.75, 3.05) is 20.2 Å². The van der Waals surface area contributed by atoms with Crippen LogP contribution in [0.4, 0.5) is 0 Å². The number of nitrogens with zero attached hydrogens (tertiary/aromatic N) is 2. The number of likely N-dealkylation sites (tertiary alicyclic amines) is 1. The largest absolute Gasteiger partial charge is 0.481 e. The molecule has 0 spiro atoms. The Morgan fingerprint density at radius 1 is 1.39 bits per heavy atom. The average Bonchev–Trinajstić information content (AvgIpc) is 2.40. The summed E-state index contributed by atoms with van der Waals surface area (Å²) in [5.74, 6) is 0.717. The van der Waals surface area contributed by atoms with Crippen LogP contribution in [0.2, 0.25) is 0 Å². The van der Waals surface area contributed by atoms with Gasteiger partial charge in [0.05, 0.1) is 7.11 Å². The first-order valence-electron chi connectivity index (χ1n) is 7.01. The maximum Gasteiger partial charge on any atom is 0.213 e. The molecule has 3 heteroatoms. The van der Waals surface area contributed by atoms with Crippen molar-refractivity contribution in [1.29, 1.82) is 0 Å². The van der Waals surface area contributed by atoms with Gasteiger partial charge in [-0.05, 0) is 44.8 Å². The predicted octanol–water partition coefficient (Wildman–Crippen LogP) is 3.34. The van der Waals surface area contributed by atoms with E-state index in [9.17, 15) is 0 Å². The van der Waals surface area contributed by atoms with E-state index in [1.807, 2.05) is 6.07 Å². The highest BCUT2D eigenvalue weighted by Gasteiger charge is 2.24. The highest BCUT2D eigenvalue weighted by atomic mass is 16.5. The molecule has 3 nitrogen and oxygen atoms in total. The Bertz CT molecular complexity index is 390. The third kappa shape index (κ3) is 2.83. The van der Waals surface area contributed by atoms with Crippen molar-refractivity contribution in [3.05, 3.63) is 23.4 Å². The first kappa shape index (κ1) is 13.3. The van der Waals surface area contributed by atoms with Gasteiger partial charge in [-0.3, -0.25) is 4.90 Å². The molecule has 1 aliphatic heterocycles. The van der Waals surface area contributed by atoms with E-state index in [1.165, 1.54) is 44.3 Å². The number of ether oxygens (including phenoxy) is 1. The van der Waals surface area contributed by atoms with Gasteiger partial charge >= 0.3 is 0 Å². The molecule has 1 saturated heterocycles. The van der Waals surface area contributed by atoms with Crippen LogP contribution in [-0.4, -0.2) is 30.1 Å². The SMILES string of the molecule is CCCN1CCCCC1c1ccc(OC)nc1C. The summed E-state index contributed by atoms with van der Waals surface area (Å²) in [6, 6.07) is 4.73. The summed E-state index contributed by atoms with van der Waals surface area (Å²) < 4.78 is 5.19. The summed E-state index contributed by atoms with van der Waals surface area (Å²) in [5, 5.41) is 0. The van der Waals surface area contributed by atoms with Crippen molar-refractivity contribution in [1.82, 2.24) is 9.88 Å². The van der Waals surface area contributed by atoms with Crippen LogP contribution in [-0.2, 0) is 0 Å². The lowest BCUT2D eigenvalue weighted by Gasteiger charge is -2.36. The molecule has 1 aliphatic rings. The van der Waals surface area contributed by atoms with E-state index >= 15 is 0 Å². The quantitative estimate of drug-likeness (QED) is 0.817. The van der Waals surface area contributed by atoms with Crippen LogP contribution in [0.1, 0.15) is 49.9 Å². The Labute approximate surface area is 110 Å². The van der Waals surface area contributed by atoms with Crippen molar-refractivity contribution in [2.45, 2.75) is 45.6 Å². The normalized spacial score (nSPS) is 20.9. The van der Waals surface area contributed by atoms with E-state index in [-0.39, 0.29) is 0 Å². The lowest BCUT2D eigenvalue weighted by atomic mass is 9.94. The summed E-state index contributed by atoms with van der Waals surface area (Å²) in [6.07, 6.45) is 5.14. The zero-order valence-electron chi connectivity index (χ0n) is 11.8. The molecular formula is C15H24N2O. The van der Waals surface area contributed by atoms with Crippen molar-refractivity contribution in [3.8, 4) is 5.88 Å². The molecule has 0 radical (unpaired) electrons. The maximum absolute atomic E-state index is 5.19. The highest BCUT2D eigenvalue weighted by molar-refractivity contribution is 5.28. The van der Waals surface area contributed by atoms with Gasteiger partial charge < -0.3 is 4.74 Å². The molecule has 1 aromatic heterocycles. The van der Waals surface area contributed by atoms with E-state index in [2.05, 4.69) is 29.8 Å². The Morgan fingerprint density at radius 3 is 2.89 bits per heavy atom. The number of piperidine rings is 1. The molecule has 18 heavy (non-hydrogen) atoms. The van der Waals surface area contributed by atoms with Crippen molar-refractivity contribution < 1.29 is 4.74 Å². The van der Waals surface area contributed by atoms with E-state index in [0.29, 0.717) is 11.9 Å². The minimum Gasteiger partial charge on any atom is -0.481 e. The zero-order chi connectivity index (χ0) is 13.0. The van der Waals surface area contributed by atoms with Gasteiger partial charge in [0, 0.05) is 17.8 Å². The smallest absolute Gasteiger partial charge is 0.213 e. The molecule has 0 saturated carbocycles. The minimum absolute atomic E-state index is 0.553. The summed E-state index contributed by atoms with van der Waals surface area (Å²) in [6.45, 7) is 6.77. The van der Waals surface area contributed by atoms with Crippen LogP contribution in [0.15, 0.2) is 12.1 Å². The number of methoxy groups -OCH3 is 1. The zero-order valence-corrected chi connectivity index (χ0v) is 11.8. The molecule has 2 heterocycles. The van der Waals surface area contributed by atoms with Gasteiger partial charge in [0.2, 0.25) is 5.88 Å². The second-order valence-corrected chi connectivity index (χ2v) is 5.08. The fourth-order valence-electron chi connectivity index (χ4n) is 2.91. The fourth-order valence-corrected chi connectivity index (χ4v) is 2.91. The topological polar surface area (TPSA) is 25.4 Å². The van der Waals surface area contributed by atoms with Crippen LogP contribution in [0.3, 0.4) is 0 Å². The molecule has 0 aromatic carbocycles. The predicted molar refractivity (Wildman–Crippen MR) is 74.0 cm³/mol. The van der Waals surface area contributed by atoms with Gasteiger partial charge in [0.15, 0.2) is 0 Å². The minimum atomic E-state index is 0.553. The van der Waals surface area contributed by atoms with E-state index < -0.39 is 0 Å². The van der Waals surface area contributed by atoms with Gasteiger partial charge in [-0.1, -0.05) is 19.4 Å². The van der Waals surface area contributed by atoms with Crippen LogP contribution in [0.25, 0.3) is 0 Å². The molecule has 1 atom stereocenters. The number of hydrogen-bond acceptors (Lipinski definition) is 3. The van der Waals surface area contributed by atoms with Gasteiger partial charge in [-0.15, -0.1) is 0 Å². The molecule has 0 N–H and O–H groups in total. The lowest BCUT2D eigenvalue weighted by molar-refractivity contribution is 0.148. The molecule has 1 fully saturated rings. The van der Waals surface area contributed by atoms with E-state index in [0.717, 1.165) is 5.69 Å². The van der Waals surface area contributed by atoms with E-state index in [4.69, 9.17) is 4.74 Å². The number of aromatic nitrogens is 1. The summed E-state index contributed by atoms with van der Waals surface area (Å²) in [7, 11) is 1.67. The number of aryl methyl sites for hydroxylation is 1. The van der Waals surface area contributed by atoms with Crippen LogP contribution < -0.4 is 4.74 Å².